The minimum atomic E-state index is -0.388. The molecule has 1 unspecified atom stereocenters. The van der Waals surface area contributed by atoms with Crippen molar-refractivity contribution in [1.82, 2.24) is 5.32 Å². The number of hydrogen-bond acceptors (Lipinski definition) is 3. The quantitative estimate of drug-likeness (QED) is 0.545. The Morgan fingerprint density at radius 1 is 1.40 bits per heavy atom. The molecule has 0 spiro atoms. The van der Waals surface area contributed by atoms with Crippen molar-refractivity contribution in [2.75, 3.05) is 19.7 Å². The van der Waals surface area contributed by atoms with Gasteiger partial charge in [-0.05, 0) is 46.2 Å². The Kier molecular flexibility index (Phi) is 6.57. The Balaban J connectivity index is 3.62. The fourth-order valence-electron chi connectivity index (χ4n) is 1.04. The van der Waals surface area contributed by atoms with Crippen molar-refractivity contribution < 1.29 is 9.53 Å². The molecule has 3 nitrogen and oxygen atoms in total. The van der Waals surface area contributed by atoms with Crippen molar-refractivity contribution >= 4 is 5.97 Å². The van der Waals surface area contributed by atoms with Gasteiger partial charge in [0.15, 0.2) is 0 Å². The van der Waals surface area contributed by atoms with Crippen molar-refractivity contribution in [1.29, 1.82) is 0 Å². The first-order valence-corrected chi connectivity index (χ1v) is 5.75. The maximum atomic E-state index is 11.5. The van der Waals surface area contributed by atoms with Crippen LogP contribution in [0.1, 0.15) is 41.0 Å². The lowest BCUT2D eigenvalue weighted by atomic mass is 9.97. The summed E-state index contributed by atoms with van der Waals surface area (Å²) in [4.78, 5) is 11.5. The normalized spacial score (nSPS) is 13.7. The van der Waals surface area contributed by atoms with Gasteiger partial charge in [0.1, 0.15) is 0 Å². The SMILES string of the molecule is CCNCCC(C)COC(=O)C(C)(C)C. The molecule has 3 heteroatoms. The number of ether oxygens (including phenoxy) is 1. The standard InChI is InChI=1S/C12H25NO2/c1-6-13-8-7-10(2)9-15-11(14)12(3,4)5/h10,13H,6-9H2,1-5H3. The second-order valence-corrected chi connectivity index (χ2v) is 5.10. The highest BCUT2D eigenvalue weighted by Crippen LogP contribution is 2.16. The molecule has 1 N–H and O–H groups in total. The van der Waals surface area contributed by atoms with E-state index in [-0.39, 0.29) is 11.4 Å². The van der Waals surface area contributed by atoms with Crippen LogP contribution in [0.3, 0.4) is 0 Å². The van der Waals surface area contributed by atoms with Crippen molar-refractivity contribution in [2.24, 2.45) is 11.3 Å². The van der Waals surface area contributed by atoms with E-state index in [9.17, 15) is 4.79 Å². The Labute approximate surface area is 93.6 Å². The number of nitrogens with one attached hydrogen (secondary N) is 1. The molecule has 0 heterocycles. The van der Waals surface area contributed by atoms with Crippen molar-refractivity contribution in [3.8, 4) is 0 Å². The first-order chi connectivity index (χ1) is 6.88. The van der Waals surface area contributed by atoms with E-state index < -0.39 is 0 Å². The first kappa shape index (κ1) is 14.4. The lowest BCUT2D eigenvalue weighted by molar-refractivity contribution is -0.154. The lowest BCUT2D eigenvalue weighted by Crippen LogP contribution is -2.26. The molecule has 0 bridgehead atoms. The zero-order valence-electron chi connectivity index (χ0n) is 10.7. The number of hydrogen-bond donors (Lipinski definition) is 1. The van der Waals surface area contributed by atoms with Gasteiger partial charge in [-0.2, -0.15) is 0 Å². The Bertz CT molecular complexity index is 185. The molecule has 0 radical (unpaired) electrons. The average Bonchev–Trinajstić information content (AvgIpc) is 2.13. The third-order valence-corrected chi connectivity index (χ3v) is 2.18. The molecule has 0 saturated heterocycles. The molecule has 1 atom stereocenters. The summed E-state index contributed by atoms with van der Waals surface area (Å²) in [7, 11) is 0. The van der Waals surface area contributed by atoms with Gasteiger partial charge in [-0.15, -0.1) is 0 Å². The van der Waals surface area contributed by atoms with E-state index in [1.54, 1.807) is 0 Å². The molecule has 0 aliphatic rings. The Hall–Kier alpha value is -0.570. The van der Waals surface area contributed by atoms with Crippen molar-refractivity contribution in [3.63, 3.8) is 0 Å². The van der Waals surface area contributed by atoms with Gasteiger partial charge in [-0.25, -0.2) is 0 Å². The Morgan fingerprint density at radius 2 is 2.00 bits per heavy atom. The summed E-state index contributed by atoms with van der Waals surface area (Å²) in [5, 5.41) is 3.26. The van der Waals surface area contributed by atoms with Crippen LogP contribution < -0.4 is 5.32 Å². The summed E-state index contributed by atoms with van der Waals surface area (Å²) < 4.78 is 5.23. The highest BCUT2D eigenvalue weighted by atomic mass is 16.5. The van der Waals surface area contributed by atoms with Crippen LogP contribution in [0.2, 0.25) is 0 Å². The van der Waals surface area contributed by atoms with Crippen LogP contribution in [0.25, 0.3) is 0 Å². The molecule has 0 aromatic carbocycles. The maximum Gasteiger partial charge on any atom is 0.311 e. The second-order valence-electron chi connectivity index (χ2n) is 5.10. The van der Waals surface area contributed by atoms with Crippen LogP contribution >= 0.6 is 0 Å². The zero-order valence-corrected chi connectivity index (χ0v) is 10.7. The predicted octanol–water partition coefficient (Wildman–Crippen LogP) is 2.21. The van der Waals surface area contributed by atoms with E-state index >= 15 is 0 Å². The van der Waals surface area contributed by atoms with Gasteiger partial charge in [0.05, 0.1) is 12.0 Å². The van der Waals surface area contributed by atoms with Crippen molar-refractivity contribution in [3.05, 3.63) is 0 Å². The van der Waals surface area contributed by atoms with E-state index in [1.165, 1.54) is 0 Å². The van der Waals surface area contributed by atoms with E-state index in [0.717, 1.165) is 19.5 Å². The molecule has 15 heavy (non-hydrogen) atoms. The van der Waals surface area contributed by atoms with E-state index in [4.69, 9.17) is 4.74 Å². The number of carbonyl (C=O) groups excluding carboxylic acids is 1. The smallest absolute Gasteiger partial charge is 0.311 e. The topological polar surface area (TPSA) is 38.3 Å². The summed E-state index contributed by atoms with van der Waals surface area (Å²) in [6.07, 6.45) is 1.05. The van der Waals surface area contributed by atoms with Crippen LogP contribution in [0.5, 0.6) is 0 Å². The van der Waals surface area contributed by atoms with Gasteiger partial charge in [-0.3, -0.25) is 4.79 Å². The van der Waals surface area contributed by atoms with Gasteiger partial charge >= 0.3 is 5.97 Å². The fourth-order valence-corrected chi connectivity index (χ4v) is 1.04. The number of esters is 1. The Morgan fingerprint density at radius 3 is 2.47 bits per heavy atom. The van der Waals surface area contributed by atoms with Gasteiger partial charge in [-0.1, -0.05) is 13.8 Å². The molecule has 0 aromatic rings. The fraction of sp³-hybridized carbons (Fsp3) is 0.917. The molecular weight excluding hydrogens is 190 g/mol. The minimum absolute atomic E-state index is 0.113. The monoisotopic (exact) mass is 215 g/mol. The van der Waals surface area contributed by atoms with Gasteiger partial charge < -0.3 is 10.1 Å². The summed E-state index contributed by atoms with van der Waals surface area (Å²) in [6.45, 7) is 12.3. The van der Waals surface area contributed by atoms with Crippen LogP contribution in [0, 0.1) is 11.3 Å². The highest BCUT2D eigenvalue weighted by molar-refractivity contribution is 5.75. The minimum Gasteiger partial charge on any atom is -0.465 e. The molecule has 0 fully saturated rings. The summed E-state index contributed by atoms with van der Waals surface area (Å²) in [5.41, 5.74) is -0.388. The van der Waals surface area contributed by atoms with Crippen LogP contribution in [0.4, 0.5) is 0 Å². The summed E-state index contributed by atoms with van der Waals surface area (Å²) in [6, 6.07) is 0. The molecule has 0 aliphatic carbocycles. The van der Waals surface area contributed by atoms with Crippen LogP contribution in [-0.2, 0) is 9.53 Å². The van der Waals surface area contributed by atoms with Gasteiger partial charge in [0.2, 0.25) is 0 Å². The van der Waals surface area contributed by atoms with E-state index in [1.807, 2.05) is 20.8 Å². The van der Waals surface area contributed by atoms with E-state index in [0.29, 0.717) is 12.5 Å². The number of rotatable bonds is 6. The molecular formula is C12H25NO2. The summed E-state index contributed by atoms with van der Waals surface area (Å²) >= 11 is 0. The third-order valence-electron chi connectivity index (χ3n) is 2.18. The average molecular weight is 215 g/mol. The third kappa shape index (κ3) is 7.37. The molecule has 0 rings (SSSR count). The lowest BCUT2D eigenvalue weighted by Gasteiger charge is -2.19. The molecule has 0 amide bonds. The highest BCUT2D eigenvalue weighted by Gasteiger charge is 2.23. The van der Waals surface area contributed by atoms with Crippen molar-refractivity contribution in [2.45, 2.75) is 41.0 Å². The summed E-state index contributed by atoms with van der Waals surface area (Å²) in [5.74, 6) is 0.313. The maximum absolute atomic E-state index is 11.5. The molecule has 90 valence electrons. The zero-order chi connectivity index (χ0) is 11.9. The first-order valence-electron chi connectivity index (χ1n) is 5.75. The predicted molar refractivity (Wildman–Crippen MR) is 62.7 cm³/mol. The largest absolute Gasteiger partial charge is 0.465 e. The number of carbonyl (C=O) groups is 1. The van der Waals surface area contributed by atoms with Crippen LogP contribution in [-0.4, -0.2) is 25.7 Å². The molecule has 0 aliphatic heterocycles. The van der Waals surface area contributed by atoms with Gasteiger partial charge in [0, 0.05) is 0 Å². The van der Waals surface area contributed by atoms with Crippen LogP contribution in [0.15, 0.2) is 0 Å². The molecule has 0 saturated carbocycles. The molecule has 0 aromatic heterocycles. The van der Waals surface area contributed by atoms with E-state index in [2.05, 4.69) is 19.2 Å². The second kappa shape index (κ2) is 6.83. The van der Waals surface area contributed by atoms with Gasteiger partial charge in [0.25, 0.3) is 0 Å².